The number of fused-ring (bicyclic) bond motifs is 1. The Balaban J connectivity index is 2.41. The van der Waals surface area contributed by atoms with Gasteiger partial charge in [-0.25, -0.2) is 4.39 Å². The number of benzene rings is 2. The molecule has 1 N–H and O–H groups in total. The second-order valence-electron chi connectivity index (χ2n) is 4.18. The molecule has 1 aromatic heterocycles. The van der Waals surface area contributed by atoms with Crippen molar-refractivity contribution in [2.45, 2.75) is 0 Å². The van der Waals surface area contributed by atoms with E-state index in [1.807, 2.05) is 6.07 Å². The standard InChI is InChI=1S/C15H9BrFNO/c16-10-2-3-13(17)11(7-10)15-12-8-18-6-5-9(12)1-4-14(15)19/h1-8,19H. The van der Waals surface area contributed by atoms with Gasteiger partial charge in [-0.2, -0.15) is 0 Å². The van der Waals surface area contributed by atoms with Crippen molar-refractivity contribution < 1.29 is 9.50 Å². The number of pyridine rings is 1. The molecule has 0 aliphatic heterocycles. The van der Waals surface area contributed by atoms with Gasteiger partial charge in [0.05, 0.1) is 0 Å². The third-order valence-corrected chi connectivity index (χ3v) is 3.49. The SMILES string of the molecule is Oc1ccc2ccncc2c1-c1cc(Br)ccc1F. The fraction of sp³-hybridized carbons (Fsp3) is 0. The highest BCUT2D eigenvalue weighted by Crippen LogP contribution is 2.38. The first kappa shape index (κ1) is 12.1. The normalized spacial score (nSPS) is 10.8. The largest absolute Gasteiger partial charge is 0.507 e. The molecule has 94 valence electrons. The molecule has 19 heavy (non-hydrogen) atoms. The van der Waals surface area contributed by atoms with Crippen molar-refractivity contribution in [1.29, 1.82) is 0 Å². The van der Waals surface area contributed by atoms with Gasteiger partial charge in [0.1, 0.15) is 11.6 Å². The van der Waals surface area contributed by atoms with Crippen molar-refractivity contribution in [2.24, 2.45) is 0 Å². The molecule has 0 amide bonds. The van der Waals surface area contributed by atoms with Gasteiger partial charge in [-0.15, -0.1) is 0 Å². The van der Waals surface area contributed by atoms with E-state index in [4.69, 9.17) is 0 Å². The summed E-state index contributed by atoms with van der Waals surface area (Å²) in [7, 11) is 0. The number of hydrogen-bond acceptors (Lipinski definition) is 2. The summed E-state index contributed by atoms with van der Waals surface area (Å²) < 4.78 is 14.8. The zero-order valence-corrected chi connectivity index (χ0v) is 11.4. The van der Waals surface area contributed by atoms with Gasteiger partial charge in [-0.05, 0) is 35.7 Å². The van der Waals surface area contributed by atoms with E-state index >= 15 is 0 Å². The van der Waals surface area contributed by atoms with Crippen LogP contribution in [0, 0.1) is 5.82 Å². The predicted molar refractivity (Wildman–Crippen MR) is 76.5 cm³/mol. The van der Waals surface area contributed by atoms with Crippen molar-refractivity contribution >= 4 is 26.7 Å². The molecule has 1 heterocycles. The molecular formula is C15H9BrFNO. The Hall–Kier alpha value is -1.94. The molecular weight excluding hydrogens is 309 g/mol. The van der Waals surface area contributed by atoms with E-state index in [9.17, 15) is 9.50 Å². The van der Waals surface area contributed by atoms with E-state index in [-0.39, 0.29) is 11.6 Å². The molecule has 0 unspecified atom stereocenters. The zero-order chi connectivity index (χ0) is 13.4. The van der Waals surface area contributed by atoms with E-state index < -0.39 is 0 Å². The number of nitrogens with zero attached hydrogens (tertiary/aromatic N) is 1. The van der Waals surface area contributed by atoms with Gasteiger partial charge < -0.3 is 5.11 Å². The van der Waals surface area contributed by atoms with Crippen LogP contribution in [0.1, 0.15) is 0 Å². The molecule has 3 aromatic rings. The first-order valence-electron chi connectivity index (χ1n) is 5.68. The topological polar surface area (TPSA) is 33.1 Å². The molecule has 2 aromatic carbocycles. The summed E-state index contributed by atoms with van der Waals surface area (Å²) in [6.45, 7) is 0. The summed E-state index contributed by atoms with van der Waals surface area (Å²) in [5.74, 6) is -0.340. The van der Waals surface area contributed by atoms with E-state index in [0.29, 0.717) is 11.1 Å². The number of rotatable bonds is 1. The third-order valence-electron chi connectivity index (χ3n) is 3.00. The van der Waals surface area contributed by atoms with Crippen LogP contribution in [0.5, 0.6) is 5.75 Å². The highest BCUT2D eigenvalue weighted by Gasteiger charge is 2.14. The van der Waals surface area contributed by atoms with Gasteiger partial charge in [-0.1, -0.05) is 22.0 Å². The van der Waals surface area contributed by atoms with Gasteiger partial charge in [0.2, 0.25) is 0 Å². The molecule has 0 aliphatic carbocycles. The molecule has 0 atom stereocenters. The number of halogens is 2. The number of aromatic hydroxyl groups is 1. The Bertz CT molecular complexity index is 773. The summed E-state index contributed by atoms with van der Waals surface area (Å²) in [5.41, 5.74) is 0.815. The second-order valence-corrected chi connectivity index (χ2v) is 5.10. The first-order valence-corrected chi connectivity index (χ1v) is 6.47. The van der Waals surface area contributed by atoms with Crippen molar-refractivity contribution in [3.63, 3.8) is 0 Å². The van der Waals surface area contributed by atoms with Crippen molar-refractivity contribution in [2.75, 3.05) is 0 Å². The molecule has 0 bridgehead atoms. The molecule has 0 spiro atoms. The fourth-order valence-corrected chi connectivity index (χ4v) is 2.48. The molecule has 4 heteroatoms. The smallest absolute Gasteiger partial charge is 0.131 e. The Kier molecular flexibility index (Phi) is 2.95. The van der Waals surface area contributed by atoms with Crippen LogP contribution in [0.15, 0.2) is 53.3 Å². The van der Waals surface area contributed by atoms with E-state index in [1.165, 1.54) is 6.07 Å². The van der Waals surface area contributed by atoms with Crippen molar-refractivity contribution in [1.82, 2.24) is 4.98 Å². The van der Waals surface area contributed by atoms with Gasteiger partial charge in [0, 0.05) is 33.4 Å². The van der Waals surface area contributed by atoms with Crippen molar-refractivity contribution in [3.8, 4) is 16.9 Å². The summed E-state index contributed by atoms with van der Waals surface area (Å²) in [6, 6.07) is 9.82. The number of hydrogen-bond donors (Lipinski definition) is 1. The number of phenolic OH excluding ortho intramolecular Hbond substituents is 1. The van der Waals surface area contributed by atoms with Crippen LogP contribution in [0.25, 0.3) is 21.9 Å². The average molecular weight is 318 g/mol. The minimum absolute atomic E-state index is 0.0394. The lowest BCUT2D eigenvalue weighted by atomic mass is 9.98. The maximum absolute atomic E-state index is 14.0. The van der Waals surface area contributed by atoms with E-state index in [0.717, 1.165) is 15.2 Å². The Labute approximate surface area is 117 Å². The maximum atomic E-state index is 14.0. The summed E-state index contributed by atoms with van der Waals surface area (Å²) in [6.07, 6.45) is 3.30. The maximum Gasteiger partial charge on any atom is 0.131 e. The summed E-state index contributed by atoms with van der Waals surface area (Å²) in [4.78, 5) is 4.05. The minimum atomic E-state index is -0.380. The minimum Gasteiger partial charge on any atom is -0.507 e. The third kappa shape index (κ3) is 2.08. The van der Waals surface area contributed by atoms with Crippen LogP contribution in [0.3, 0.4) is 0 Å². The monoisotopic (exact) mass is 317 g/mol. The molecule has 0 aliphatic rings. The molecule has 2 nitrogen and oxygen atoms in total. The van der Waals surface area contributed by atoms with Crippen LogP contribution in [-0.4, -0.2) is 10.1 Å². The van der Waals surface area contributed by atoms with Crippen LogP contribution in [0.4, 0.5) is 4.39 Å². The second kappa shape index (κ2) is 4.63. The summed E-state index contributed by atoms with van der Waals surface area (Å²) in [5, 5.41) is 11.7. The first-order chi connectivity index (χ1) is 9.16. The van der Waals surface area contributed by atoms with Gasteiger partial charge in [0.25, 0.3) is 0 Å². The van der Waals surface area contributed by atoms with Gasteiger partial charge in [-0.3, -0.25) is 4.98 Å². The number of phenols is 1. The lowest BCUT2D eigenvalue weighted by Gasteiger charge is -2.10. The van der Waals surface area contributed by atoms with E-state index in [2.05, 4.69) is 20.9 Å². The Morgan fingerprint density at radius 3 is 2.79 bits per heavy atom. The lowest BCUT2D eigenvalue weighted by molar-refractivity contribution is 0.477. The Morgan fingerprint density at radius 1 is 1.11 bits per heavy atom. The van der Waals surface area contributed by atoms with Crippen LogP contribution in [-0.2, 0) is 0 Å². The number of aromatic nitrogens is 1. The van der Waals surface area contributed by atoms with Gasteiger partial charge in [0.15, 0.2) is 0 Å². The summed E-state index contributed by atoms with van der Waals surface area (Å²) >= 11 is 3.32. The van der Waals surface area contributed by atoms with Crippen molar-refractivity contribution in [3.05, 3.63) is 59.1 Å². The van der Waals surface area contributed by atoms with Crippen LogP contribution < -0.4 is 0 Å². The van der Waals surface area contributed by atoms with Crippen LogP contribution in [0.2, 0.25) is 0 Å². The molecule has 0 saturated carbocycles. The lowest BCUT2D eigenvalue weighted by Crippen LogP contribution is -1.88. The Morgan fingerprint density at radius 2 is 1.95 bits per heavy atom. The zero-order valence-electron chi connectivity index (χ0n) is 9.77. The van der Waals surface area contributed by atoms with Crippen LogP contribution >= 0.6 is 15.9 Å². The average Bonchev–Trinajstić information content (AvgIpc) is 2.42. The highest BCUT2D eigenvalue weighted by atomic mass is 79.9. The molecule has 3 rings (SSSR count). The quantitative estimate of drug-likeness (QED) is 0.716. The molecule has 0 radical (unpaired) electrons. The molecule has 0 fully saturated rings. The van der Waals surface area contributed by atoms with E-state index in [1.54, 1.807) is 36.7 Å². The fourth-order valence-electron chi connectivity index (χ4n) is 2.12. The van der Waals surface area contributed by atoms with Gasteiger partial charge >= 0.3 is 0 Å². The predicted octanol–water partition coefficient (Wildman–Crippen LogP) is 4.51. The highest BCUT2D eigenvalue weighted by molar-refractivity contribution is 9.10. The molecule has 0 saturated heterocycles.